The molecule has 5 rings (SSSR count). The van der Waals surface area contributed by atoms with Gasteiger partial charge in [0.1, 0.15) is 5.82 Å². The van der Waals surface area contributed by atoms with E-state index in [1.54, 1.807) is 6.20 Å². The number of nitrogens with one attached hydrogen (secondary N) is 1. The van der Waals surface area contributed by atoms with Crippen LogP contribution < -0.4 is 10.6 Å². The molecule has 3 N–H and O–H groups in total. The normalized spacial score (nSPS) is 19.2. The van der Waals surface area contributed by atoms with E-state index in [-0.39, 0.29) is 5.41 Å². The number of amides is 1. The summed E-state index contributed by atoms with van der Waals surface area (Å²) in [6.45, 7) is 3.27. The number of likely N-dealkylation sites (tertiary alicyclic amines) is 1. The van der Waals surface area contributed by atoms with Gasteiger partial charge in [-0.15, -0.1) is 0 Å². The molecule has 2 aromatic heterocycles. The van der Waals surface area contributed by atoms with Gasteiger partial charge in [-0.3, -0.25) is 4.79 Å². The van der Waals surface area contributed by atoms with E-state index in [9.17, 15) is 4.79 Å². The summed E-state index contributed by atoms with van der Waals surface area (Å²) in [7, 11) is 0. The number of H-pyrrole nitrogens is 1. The Morgan fingerprint density at radius 2 is 1.90 bits per heavy atom. The second-order valence-electron chi connectivity index (χ2n) is 8.41. The van der Waals surface area contributed by atoms with Crippen molar-refractivity contribution in [2.24, 2.45) is 5.41 Å². The van der Waals surface area contributed by atoms with E-state index >= 15 is 0 Å². The number of hydrogen-bond donors (Lipinski definition) is 2. The van der Waals surface area contributed by atoms with Gasteiger partial charge in [0.15, 0.2) is 0 Å². The molecule has 3 aromatic rings. The largest absolute Gasteiger partial charge is 0.397 e. The first-order valence-corrected chi connectivity index (χ1v) is 10.5. The van der Waals surface area contributed by atoms with Crippen LogP contribution in [0.15, 0.2) is 48.8 Å². The molecule has 6 heteroatoms. The van der Waals surface area contributed by atoms with Gasteiger partial charge in [0.05, 0.1) is 17.3 Å². The number of aromatic nitrogens is 2. The zero-order valence-corrected chi connectivity index (χ0v) is 16.6. The SMILES string of the molecule is Nc1ccc(N2CCC3(CCCN(Cc4c[nH]c5ccccc45)C3=O)CC2)nc1. The minimum absolute atomic E-state index is 0.214. The van der Waals surface area contributed by atoms with Crippen molar-refractivity contribution < 1.29 is 4.79 Å². The molecular weight excluding hydrogens is 362 g/mol. The predicted octanol–water partition coefficient (Wildman–Crippen LogP) is 3.55. The van der Waals surface area contributed by atoms with E-state index in [1.807, 2.05) is 18.2 Å². The second-order valence-corrected chi connectivity index (χ2v) is 8.41. The van der Waals surface area contributed by atoms with Crippen molar-refractivity contribution in [3.05, 3.63) is 54.4 Å². The number of para-hydroxylation sites is 1. The molecule has 29 heavy (non-hydrogen) atoms. The van der Waals surface area contributed by atoms with Gasteiger partial charge in [-0.25, -0.2) is 4.98 Å². The van der Waals surface area contributed by atoms with Crippen molar-refractivity contribution in [3.8, 4) is 0 Å². The highest BCUT2D eigenvalue weighted by molar-refractivity contribution is 5.86. The van der Waals surface area contributed by atoms with Gasteiger partial charge in [-0.1, -0.05) is 18.2 Å². The lowest BCUT2D eigenvalue weighted by atomic mass is 9.71. The van der Waals surface area contributed by atoms with E-state index in [0.717, 1.165) is 56.7 Å². The van der Waals surface area contributed by atoms with Crippen molar-refractivity contribution in [1.82, 2.24) is 14.9 Å². The monoisotopic (exact) mass is 389 g/mol. The van der Waals surface area contributed by atoms with Gasteiger partial charge in [0, 0.05) is 43.3 Å². The molecule has 2 fully saturated rings. The highest BCUT2D eigenvalue weighted by Crippen LogP contribution is 2.42. The fourth-order valence-electron chi connectivity index (χ4n) is 4.98. The maximum atomic E-state index is 13.5. The van der Waals surface area contributed by atoms with Gasteiger partial charge >= 0.3 is 0 Å². The Morgan fingerprint density at radius 1 is 1.07 bits per heavy atom. The predicted molar refractivity (Wildman–Crippen MR) is 115 cm³/mol. The molecule has 4 heterocycles. The van der Waals surface area contributed by atoms with Crippen LogP contribution in [0.5, 0.6) is 0 Å². The van der Waals surface area contributed by atoms with Gasteiger partial charge in [-0.2, -0.15) is 0 Å². The summed E-state index contributed by atoms with van der Waals surface area (Å²) in [5.74, 6) is 1.28. The molecular formula is C23H27N5O. The second kappa shape index (κ2) is 7.10. The third kappa shape index (κ3) is 3.22. The van der Waals surface area contributed by atoms with Crippen LogP contribution in [-0.4, -0.2) is 40.4 Å². The molecule has 150 valence electrons. The highest BCUT2D eigenvalue weighted by Gasteiger charge is 2.45. The van der Waals surface area contributed by atoms with Crippen LogP contribution in [-0.2, 0) is 11.3 Å². The Labute approximate surface area is 170 Å². The molecule has 1 aromatic carbocycles. The number of pyridine rings is 1. The number of nitrogen functional groups attached to an aromatic ring is 1. The van der Waals surface area contributed by atoms with E-state index in [1.165, 1.54) is 10.9 Å². The Morgan fingerprint density at radius 3 is 2.69 bits per heavy atom. The summed E-state index contributed by atoms with van der Waals surface area (Å²) < 4.78 is 0. The number of benzene rings is 1. The molecule has 6 nitrogen and oxygen atoms in total. The number of anilines is 2. The minimum Gasteiger partial charge on any atom is -0.397 e. The summed E-state index contributed by atoms with van der Waals surface area (Å²) in [5, 5.41) is 1.21. The summed E-state index contributed by atoms with van der Waals surface area (Å²) in [4.78, 5) is 25.7. The molecule has 0 aliphatic carbocycles. The Bertz CT molecular complexity index is 1020. The van der Waals surface area contributed by atoms with Crippen molar-refractivity contribution in [2.75, 3.05) is 30.3 Å². The Kier molecular flexibility index (Phi) is 4.42. The fourth-order valence-corrected chi connectivity index (χ4v) is 4.98. The van der Waals surface area contributed by atoms with Gasteiger partial charge in [-0.05, 0) is 49.4 Å². The number of carbonyl (C=O) groups excluding carboxylic acids is 1. The topological polar surface area (TPSA) is 78.2 Å². The summed E-state index contributed by atoms with van der Waals surface area (Å²) in [6, 6.07) is 12.2. The van der Waals surface area contributed by atoms with Crippen LogP contribution in [0.25, 0.3) is 10.9 Å². The van der Waals surface area contributed by atoms with Gasteiger partial charge in [0.25, 0.3) is 0 Å². The smallest absolute Gasteiger partial charge is 0.229 e. The minimum atomic E-state index is -0.214. The lowest BCUT2D eigenvalue weighted by molar-refractivity contribution is -0.148. The molecule has 1 spiro atoms. The van der Waals surface area contributed by atoms with E-state index in [4.69, 9.17) is 5.73 Å². The maximum absolute atomic E-state index is 13.5. The van der Waals surface area contributed by atoms with E-state index in [0.29, 0.717) is 18.1 Å². The third-order valence-corrected chi connectivity index (χ3v) is 6.68. The van der Waals surface area contributed by atoms with Crippen molar-refractivity contribution in [1.29, 1.82) is 0 Å². The first kappa shape index (κ1) is 18.0. The van der Waals surface area contributed by atoms with E-state index < -0.39 is 0 Å². The van der Waals surface area contributed by atoms with Crippen molar-refractivity contribution in [2.45, 2.75) is 32.2 Å². The number of hydrogen-bond acceptors (Lipinski definition) is 4. The van der Waals surface area contributed by atoms with Crippen molar-refractivity contribution in [3.63, 3.8) is 0 Å². The number of aromatic amines is 1. The summed E-state index contributed by atoms with van der Waals surface area (Å²) in [5.41, 5.74) is 8.56. The molecule has 2 aliphatic rings. The maximum Gasteiger partial charge on any atom is 0.229 e. The molecule has 0 bridgehead atoms. The number of carbonyl (C=O) groups is 1. The quantitative estimate of drug-likeness (QED) is 0.718. The number of rotatable bonds is 3. The number of nitrogens with zero attached hydrogens (tertiary/aromatic N) is 3. The molecule has 1 amide bonds. The molecule has 2 aliphatic heterocycles. The Hall–Kier alpha value is -3.02. The zero-order valence-electron chi connectivity index (χ0n) is 16.6. The average molecular weight is 390 g/mol. The summed E-state index contributed by atoms with van der Waals surface area (Å²) in [6.07, 6.45) is 7.61. The first-order valence-electron chi connectivity index (χ1n) is 10.5. The van der Waals surface area contributed by atoms with Gasteiger partial charge in [0.2, 0.25) is 5.91 Å². The number of nitrogens with two attached hydrogens (primary N) is 1. The molecule has 0 saturated carbocycles. The summed E-state index contributed by atoms with van der Waals surface area (Å²) >= 11 is 0. The van der Waals surface area contributed by atoms with Crippen LogP contribution in [0.1, 0.15) is 31.2 Å². The third-order valence-electron chi connectivity index (χ3n) is 6.68. The molecule has 0 atom stereocenters. The van der Waals surface area contributed by atoms with Gasteiger partial charge < -0.3 is 20.5 Å². The standard InChI is InChI=1S/C23H27N5O/c24-18-6-7-21(26-15-18)27-12-9-23(10-13-27)8-3-11-28(22(23)29)16-17-14-25-20-5-2-1-4-19(17)20/h1-2,4-7,14-15,25H,3,8-13,16,24H2. The Balaban J connectivity index is 1.30. The van der Waals surface area contributed by atoms with Crippen molar-refractivity contribution >= 4 is 28.3 Å². The molecule has 0 unspecified atom stereocenters. The zero-order chi connectivity index (χ0) is 19.8. The van der Waals surface area contributed by atoms with Crippen LogP contribution in [0.3, 0.4) is 0 Å². The van der Waals surface area contributed by atoms with Crippen LogP contribution in [0.2, 0.25) is 0 Å². The lowest BCUT2D eigenvalue weighted by Crippen LogP contribution is -2.53. The molecule has 2 saturated heterocycles. The van der Waals surface area contributed by atoms with Crippen LogP contribution in [0.4, 0.5) is 11.5 Å². The van der Waals surface area contributed by atoms with E-state index in [2.05, 4.69) is 44.2 Å². The number of fused-ring (bicyclic) bond motifs is 1. The van der Waals surface area contributed by atoms with Crippen LogP contribution in [0, 0.1) is 5.41 Å². The van der Waals surface area contributed by atoms with Crippen LogP contribution >= 0.6 is 0 Å². The average Bonchev–Trinajstić information content (AvgIpc) is 3.16. The first-order chi connectivity index (χ1) is 14.1. The highest BCUT2D eigenvalue weighted by atomic mass is 16.2. The molecule has 0 radical (unpaired) electrons. The fraction of sp³-hybridized carbons (Fsp3) is 0.391. The number of piperidine rings is 2. The lowest BCUT2D eigenvalue weighted by Gasteiger charge is -2.46.